The molecule has 120 valence electrons. The van der Waals surface area contributed by atoms with E-state index in [0.717, 1.165) is 16.7 Å². The molecule has 0 bridgehead atoms. The fourth-order valence-corrected chi connectivity index (χ4v) is 8.12. The maximum absolute atomic E-state index is 4.44. The van der Waals surface area contributed by atoms with Crippen LogP contribution in [0.4, 0.5) is 0 Å². The third-order valence-corrected chi connectivity index (χ3v) is 8.51. The summed E-state index contributed by atoms with van der Waals surface area (Å²) >= 11 is 0. The standard InChI is InChI=1S/C18H25N3Si2/c1-22(2,3)17-12-15-16(13-18(17)23(4,5)6)21(20-19-15)14-10-8-7-9-11-14/h7-13H,1-6H3. The number of para-hydroxylation sites is 1. The average molecular weight is 340 g/mol. The number of hydrogen-bond acceptors (Lipinski definition) is 2. The zero-order chi connectivity index (χ0) is 16.8. The number of aromatic nitrogens is 3. The molecule has 0 aliphatic heterocycles. The second-order valence-corrected chi connectivity index (χ2v) is 18.3. The van der Waals surface area contributed by atoms with Crippen molar-refractivity contribution in [3.05, 3.63) is 42.5 Å². The Kier molecular flexibility index (Phi) is 3.80. The van der Waals surface area contributed by atoms with Crippen LogP contribution in [0.25, 0.3) is 16.7 Å². The molecule has 1 aromatic heterocycles. The van der Waals surface area contributed by atoms with Gasteiger partial charge in [-0.2, -0.15) is 0 Å². The van der Waals surface area contributed by atoms with Crippen LogP contribution in [0.5, 0.6) is 0 Å². The van der Waals surface area contributed by atoms with Crippen molar-refractivity contribution < 1.29 is 0 Å². The van der Waals surface area contributed by atoms with Crippen LogP contribution in [0, 0.1) is 0 Å². The summed E-state index contributed by atoms with van der Waals surface area (Å²) in [4.78, 5) is 0. The van der Waals surface area contributed by atoms with Crippen LogP contribution in [0.2, 0.25) is 39.3 Å². The normalized spacial score (nSPS) is 12.8. The molecule has 0 saturated heterocycles. The molecular weight excluding hydrogens is 314 g/mol. The van der Waals surface area contributed by atoms with Gasteiger partial charge in [0.25, 0.3) is 0 Å². The molecule has 0 radical (unpaired) electrons. The molecule has 0 spiro atoms. The first-order valence-electron chi connectivity index (χ1n) is 8.14. The highest BCUT2D eigenvalue weighted by Crippen LogP contribution is 2.18. The third kappa shape index (κ3) is 3.03. The minimum Gasteiger partial charge on any atom is -0.213 e. The first-order valence-corrected chi connectivity index (χ1v) is 15.1. The molecule has 0 saturated carbocycles. The van der Waals surface area contributed by atoms with E-state index in [1.165, 1.54) is 0 Å². The Hall–Kier alpha value is -1.73. The molecule has 0 aliphatic rings. The SMILES string of the molecule is C[Si](C)(C)c1cc2nnn(-c3ccccc3)c2cc1[Si](C)(C)C. The van der Waals surface area contributed by atoms with Gasteiger partial charge in [-0.1, -0.05) is 73.1 Å². The van der Waals surface area contributed by atoms with E-state index >= 15 is 0 Å². The summed E-state index contributed by atoms with van der Waals surface area (Å²) in [5.41, 5.74) is 3.20. The molecule has 3 aromatic rings. The molecular formula is C18H25N3Si2. The second kappa shape index (κ2) is 5.42. The summed E-state index contributed by atoms with van der Waals surface area (Å²) in [5.74, 6) is 0. The minimum absolute atomic E-state index is 1.01. The molecule has 0 atom stereocenters. The van der Waals surface area contributed by atoms with E-state index in [0.29, 0.717) is 0 Å². The van der Waals surface area contributed by atoms with Gasteiger partial charge < -0.3 is 0 Å². The fraction of sp³-hybridized carbons (Fsp3) is 0.333. The van der Waals surface area contributed by atoms with Gasteiger partial charge in [-0.05, 0) is 24.3 Å². The van der Waals surface area contributed by atoms with Crippen molar-refractivity contribution >= 4 is 37.6 Å². The monoisotopic (exact) mass is 339 g/mol. The minimum atomic E-state index is -1.44. The van der Waals surface area contributed by atoms with Gasteiger partial charge in [0.15, 0.2) is 0 Å². The quantitative estimate of drug-likeness (QED) is 0.684. The Morgan fingerprint density at radius 1 is 0.783 bits per heavy atom. The lowest BCUT2D eigenvalue weighted by Crippen LogP contribution is -2.56. The smallest absolute Gasteiger partial charge is 0.113 e. The van der Waals surface area contributed by atoms with Crippen LogP contribution in [-0.4, -0.2) is 31.1 Å². The van der Waals surface area contributed by atoms with Crippen LogP contribution in [-0.2, 0) is 0 Å². The van der Waals surface area contributed by atoms with Crippen molar-refractivity contribution in [1.29, 1.82) is 0 Å². The molecule has 3 rings (SSSR count). The number of fused-ring (bicyclic) bond motifs is 1. The molecule has 5 heteroatoms. The van der Waals surface area contributed by atoms with Gasteiger partial charge in [0.05, 0.1) is 27.4 Å². The summed E-state index contributed by atoms with van der Waals surface area (Å²) < 4.78 is 1.97. The topological polar surface area (TPSA) is 30.7 Å². The maximum atomic E-state index is 4.44. The summed E-state index contributed by atoms with van der Waals surface area (Å²) in [5, 5.41) is 12.0. The zero-order valence-corrected chi connectivity index (χ0v) is 16.9. The third-order valence-electron chi connectivity index (χ3n) is 4.20. The van der Waals surface area contributed by atoms with Gasteiger partial charge in [-0.25, -0.2) is 4.68 Å². The number of nitrogens with zero attached hydrogens (tertiary/aromatic N) is 3. The molecule has 0 N–H and O–H groups in total. The van der Waals surface area contributed by atoms with Gasteiger partial charge in [-0.3, -0.25) is 0 Å². The number of rotatable bonds is 3. The molecule has 1 heterocycles. The van der Waals surface area contributed by atoms with Crippen molar-refractivity contribution in [3.8, 4) is 5.69 Å². The van der Waals surface area contributed by atoms with E-state index in [1.54, 1.807) is 10.4 Å². The van der Waals surface area contributed by atoms with Gasteiger partial charge in [0, 0.05) is 0 Å². The predicted molar refractivity (Wildman–Crippen MR) is 105 cm³/mol. The van der Waals surface area contributed by atoms with Crippen LogP contribution in [0.3, 0.4) is 0 Å². The van der Waals surface area contributed by atoms with Crippen molar-refractivity contribution in [3.63, 3.8) is 0 Å². The average Bonchev–Trinajstić information content (AvgIpc) is 2.88. The second-order valence-electron chi connectivity index (χ2n) is 8.22. The lowest BCUT2D eigenvalue weighted by molar-refractivity contribution is 0.824. The Labute approximate surface area is 140 Å². The fourth-order valence-electron chi connectivity index (χ4n) is 2.97. The number of hydrogen-bond donors (Lipinski definition) is 0. The lowest BCUT2D eigenvalue weighted by Gasteiger charge is -2.28. The number of benzene rings is 2. The first-order chi connectivity index (χ1) is 10.7. The Balaban J connectivity index is 2.31. The van der Waals surface area contributed by atoms with Crippen molar-refractivity contribution in [2.75, 3.05) is 0 Å². The summed E-state index contributed by atoms with van der Waals surface area (Å²) in [7, 11) is -2.85. The van der Waals surface area contributed by atoms with Gasteiger partial charge in [0.1, 0.15) is 5.52 Å². The highest BCUT2D eigenvalue weighted by Gasteiger charge is 2.29. The summed E-state index contributed by atoms with van der Waals surface area (Å²) in [6.45, 7) is 14.5. The molecule has 0 fully saturated rings. The molecule has 23 heavy (non-hydrogen) atoms. The van der Waals surface area contributed by atoms with Gasteiger partial charge >= 0.3 is 0 Å². The van der Waals surface area contributed by atoms with Crippen LogP contribution < -0.4 is 10.4 Å². The molecule has 3 nitrogen and oxygen atoms in total. The summed E-state index contributed by atoms with van der Waals surface area (Å²) in [6.07, 6.45) is 0. The van der Waals surface area contributed by atoms with Crippen LogP contribution in [0.1, 0.15) is 0 Å². The molecule has 0 amide bonds. The molecule has 2 aromatic carbocycles. The van der Waals surface area contributed by atoms with E-state index in [4.69, 9.17) is 0 Å². The zero-order valence-electron chi connectivity index (χ0n) is 14.9. The van der Waals surface area contributed by atoms with E-state index in [1.807, 2.05) is 22.9 Å². The van der Waals surface area contributed by atoms with Crippen LogP contribution >= 0.6 is 0 Å². The molecule has 0 aliphatic carbocycles. The highest BCUT2D eigenvalue weighted by atomic mass is 28.3. The van der Waals surface area contributed by atoms with E-state index < -0.39 is 16.1 Å². The Morgan fingerprint density at radius 3 is 1.91 bits per heavy atom. The highest BCUT2D eigenvalue weighted by molar-refractivity contribution is 6.98. The van der Waals surface area contributed by atoms with Crippen molar-refractivity contribution in [1.82, 2.24) is 15.0 Å². The van der Waals surface area contributed by atoms with E-state index in [-0.39, 0.29) is 0 Å². The summed E-state index contributed by atoms with van der Waals surface area (Å²) in [6, 6.07) is 14.9. The van der Waals surface area contributed by atoms with Crippen LogP contribution in [0.15, 0.2) is 42.5 Å². The maximum Gasteiger partial charge on any atom is 0.113 e. The van der Waals surface area contributed by atoms with Gasteiger partial charge in [0.2, 0.25) is 0 Å². The van der Waals surface area contributed by atoms with Gasteiger partial charge in [-0.15, -0.1) is 5.10 Å². The van der Waals surface area contributed by atoms with E-state index in [2.05, 4.69) is 73.9 Å². The predicted octanol–water partition coefficient (Wildman–Crippen LogP) is 3.51. The first kappa shape index (κ1) is 16.1. The van der Waals surface area contributed by atoms with Crippen molar-refractivity contribution in [2.24, 2.45) is 0 Å². The Bertz CT molecular complexity index is 840. The van der Waals surface area contributed by atoms with E-state index in [9.17, 15) is 0 Å². The largest absolute Gasteiger partial charge is 0.213 e. The Morgan fingerprint density at radius 2 is 1.35 bits per heavy atom. The molecule has 0 unspecified atom stereocenters. The van der Waals surface area contributed by atoms with Crippen molar-refractivity contribution in [2.45, 2.75) is 39.3 Å². The lowest BCUT2D eigenvalue weighted by atomic mass is 10.3.